The Bertz CT molecular complexity index is 1160. The number of anilines is 1. The van der Waals surface area contributed by atoms with Crippen molar-refractivity contribution in [2.24, 2.45) is 0 Å². The first-order valence-corrected chi connectivity index (χ1v) is 10.8. The van der Waals surface area contributed by atoms with Gasteiger partial charge in [-0.2, -0.15) is 14.6 Å². The summed E-state index contributed by atoms with van der Waals surface area (Å²) >= 11 is 0. The Hall–Kier alpha value is -3.35. The minimum absolute atomic E-state index is 0.195. The van der Waals surface area contributed by atoms with Crippen molar-refractivity contribution in [1.82, 2.24) is 9.29 Å². The Labute approximate surface area is 175 Å². The molecular weight excluding hydrogens is 404 g/mol. The molecule has 154 valence electrons. The molecule has 0 radical (unpaired) electrons. The fourth-order valence-electron chi connectivity index (χ4n) is 3.33. The Morgan fingerprint density at radius 1 is 1.03 bits per heavy atom. The lowest BCUT2D eigenvalue weighted by Gasteiger charge is -2.33. The second-order valence-electron chi connectivity index (χ2n) is 6.72. The smallest absolute Gasteiger partial charge is 0.243 e. The molecule has 2 heterocycles. The van der Waals surface area contributed by atoms with E-state index in [0.29, 0.717) is 30.6 Å². The molecule has 1 fully saturated rings. The Kier molecular flexibility index (Phi) is 5.44. The van der Waals surface area contributed by atoms with Gasteiger partial charge in [-0.3, -0.25) is 0 Å². The van der Waals surface area contributed by atoms with Gasteiger partial charge in [-0.05, 0) is 36.4 Å². The molecule has 0 aliphatic carbocycles. The number of piperazine rings is 1. The summed E-state index contributed by atoms with van der Waals surface area (Å²) in [6.45, 7) is 1.35. The minimum atomic E-state index is -3.61. The third-order valence-electron chi connectivity index (χ3n) is 4.96. The molecule has 0 atom stereocenters. The van der Waals surface area contributed by atoms with Crippen LogP contribution in [-0.2, 0) is 10.0 Å². The van der Waals surface area contributed by atoms with Crippen molar-refractivity contribution in [3.8, 4) is 23.3 Å². The van der Waals surface area contributed by atoms with Crippen LogP contribution in [0.5, 0.6) is 5.75 Å². The first-order chi connectivity index (χ1) is 14.5. The number of methoxy groups -OCH3 is 1. The summed E-state index contributed by atoms with van der Waals surface area (Å²) in [5.41, 5.74) is 0.973. The van der Waals surface area contributed by atoms with Crippen molar-refractivity contribution in [2.45, 2.75) is 4.90 Å². The first-order valence-electron chi connectivity index (χ1n) is 9.38. The van der Waals surface area contributed by atoms with Crippen LogP contribution in [0.2, 0.25) is 0 Å². The van der Waals surface area contributed by atoms with Crippen molar-refractivity contribution >= 4 is 15.9 Å². The van der Waals surface area contributed by atoms with Crippen LogP contribution in [0.1, 0.15) is 5.69 Å². The molecule has 0 amide bonds. The van der Waals surface area contributed by atoms with E-state index in [9.17, 15) is 13.7 Å². The van der Waals surface area contributed by atoms with Gasteiger partial charge < -0.3 is 14.1 Å². The molecule has 1 saturated heterocycles. The summed E-state index contributed by atoms with van der Waals surface area (Å²) in [5, 5.41) is 9.47. The van der Waals surface area contributed by atoms with E-state index in [1.54, 1.807) is 12.1 Å². The van der Waals surface area contributed by atoms with E-state index >= 15 is 0 Å². The van der Waals surface area contributed by atoms with Crippen molar-refractivity contribution < 1.29 is 17.6 Å². The van der Waals surface area contributed by atoms with Crippen LogP contribution < -0.4 is 9.64 Å². The monoisotopic (exact) mass is 424 g/mol. The second-order valence-corrected chi connectivity index (χ2v) is 8.66. The summed E-state index contributed by atoms with van der Waals surface area (Å²) in [6.07, 6.45) is 0. The number of rotatable bonds is 5. The third kappa shape index (κ3) is 3.75. The molecule has 4 rings (SSSR count). The number of benzene rings is 2. The molecule has 3 aromatic rings. The second kappa shape index (κ2) is 8.18. The SMILES string of the molecule is COc1ccc(S(=O)(=O)N2CCN(c3oc(-c4ccccc4)nc3C#N)CC2)cc1. The lowest BCUT2D eigenvalue weighted by Crippen LogP contribution is -2.48. The van der Waals surface area contributed by atoms with Crippen LogP contribution in [0.3, 0.4) is 0 Å². The van der Waals surface area contributed by atoms with Gasteiger partial charge in [0.1, 0.15) is 11.8 Å². The van der Waals surface area contributed by atoms with Crippen molar-refractivity contribution in [2.75, 3.05) is 38.2 Å². The van der Waals surface area contributed by atoms with Gasteiger partial charge in [-0.15, -0.1) is 0 Å². The van der Waals surface area contributed by atoms with Gasteiger partial charge >= 0.3 is 0 Å². The highest BCUT2D eigenvalue weighted by atomic mass is 32.2. The highest BCUT2D eigenvalue weighted by Gasteiger charge is 2.31. The maximum atomic E-state index is 12.9. The number of oxazole rings is 1. The maximum absolute atomic E-state index is 12.9. The minimum Gasteiger partial charge on any atom is -0.497 e. The van der Waals surface area contributed by atoms with Gasteiger partial charge in [-0.1, -0.05) is 18.2 Å². The molecule has 0 unspecified atom stereocenters. The lowest BCUT2D eigenvalue weighted by atomic mass is 10.2. The van der Waals surface area contributed by atoms with E-state index in [-0.39, 0.29) is 23.7 Å². The van der Waals surface area contributed by atoms with Crippen LogP contribution in [0.4, 0.5) is 5.88 Å². The highest BCUT2D eigenvalue weighted by molar-refractivity contribution is 7.89. The quantitative estimate of drug-likeness (QED) is 0.621. The third-order valence-corrected chi connectivity index (χ3v) is 6.87. The van der Waals surface area contributed by atoms with E-state index < -0.39 is 10.0 Å². The zero-order valence-electron chi connectivity index (χ0n) is 16.4. The molecule has 1 aromatic heterocycles. The lowest BCUT2D eigenvalue weighted by molar-refractivity contribution is 0.374. The summed E-state index contributed by atoms with van der Waals surface area (Å²) in [7, 11) is -2.07. The van der Waals surface area contributed by atoms with E-state index in [2.05, 4.69) is 11.1 Å². The number of hydrogen-bond donors (Lipinski definition) is 0. The van der Waals surface area contributed by atoms with E-state index in [1.165, 1.54) is 23.5 Å². The Balaban J connectivity index is 1.51. The topological polar surface area (TPSA) is 99.7 Å². The highest BCUT2D eigenvalue weighted by Crippen LogP contribution is 2.29. The summed E-state index contributed by atoms with van der Waals surface area (Å²) < 4.78 is 38.2. The normalized spacial score (nSPS) is 15.0. The first kappa shape index (κ1) is 19.9. The zero-order chi connectivity index (χ0) is 21.1. The number of nitriles is 1. The number of nitrogens with zero attached hydrogens (tertiary/aromatic N) is 4. The van der Waals surface area contributed by atoms with Crippen molar-refractivity contribution in [1.29, 1.82) is 5.26 Å². The van der Waals surface area contributed by atoms with Gasteiger partial charge in [0.15, 0.2) is 0 Å². The van der Waals surface area contributed by atoms with Crippen LogP contribution in [-0.4, -0.2) is 51.0 Å². The van der Waals surface area contributed by atoms with E-state index in [0.717, 1.165) is 5.56 Å². The van der Waals surface area contributed by atoms with Gasteiger partial charge in [0.05, 0.1) is 12.0 Å². The fourth-order valence-corrected chi connectivity index (χ4v) is 4.75. The van der Waals surface area contributed by atoms with Gasteiger partial charge in [0.25, 0.3) is 0 Å². The molecule has 8 nitrogen and oxygen atoms in total. The van der Waals surface area contributed by atoms with Gasteiger partial charge in [-0.25, -0.2) is 8.42 Å². The summed E-state index contributed by atoms with van der Waals surface area (Å²) in [4.78, 5) is 6.37. The average Bonchev–Trinajstić information content (AvgIpc) is 3.24. The molecule has 9 heteroatoms. The molecule has 0 bridgehead atoms. The molecule has 1 aliphatic heterocycles. The Morgan fingerprint density at radius 3 is 2.30 bits per heavy atom. The van der Waals surface area contributed by atoms with Gasteiger partial charge in [0, 0.05) is 31.7 Å². The number of sulfonamides is 1. The predicted molar refractivity (Wildman–Crippen MR) is 111 cm³/mol. The van der Waals surface area contributed by atoms with Crippen LogP contribution in [0, 0.1) is 11.3 Å². The van der Waals surface area contributed by atoms with Crippen LogP contribution in [0.25, 0.3) is 11.5 Å². The molecule has 0 spiro atoms. The fraction of sp³-hybridized carbons (Fsp3) is 0.238. The summed E-state index contributed by atoms with van der Waals surface area (Å²) in [6, 6.07) is 17.7. The van der Waals surface area contributed by atoms with E-state index in [1.807, 2.05) is 35.2 Å². The standard InChI is InChI=1S/C21H20N4O4S/c1-28-17-7-9-18(10-8-17)30(26,27)25-13-11-24(12-14-25)21-19(15-22)23-20(29-21)16-5-3-2-4-6-16/h2-10H,11-14H2,1H3. The number of aromatic nitrogens is 1. The predicted octanol–water partition coefficient (Wildman–Crippen LogP) is 2.73. The molecule has 30 heavy (non-hydrogen) atoms. The molecule has 1 aliphatic rings. The maximum Gasteiger partial charge on any atom is 0.243 e. The van der Waals surface area contributed by atoms with Crippen molar-refractivity contribution in [3.63, 3.8) is 0 Å². The largest absolute Gasteiger partial charge is 0.497 e. The molecule has 0 N–H and O–H groups in total. The molecular formula is C21H20N4O4S. The number of hydrogen-bond acceptors (Lipinski definition) is 7. The van der Waals surface area contributed by atoms with Crippen LogP contribution in [0.15, 0.2) is 63.9 Å². The average molecular weight is 424 g/mol. The Morgan fingerprint density at radius 2 is 1.70 bits per heavy atom. The van der Waals surface area contributed by atoms with Crippen LogP contribution >= 0.6 is 0 Å². The summed E-state index contributed by atoms with van der Waals surface area (Å²) in [5.74, 6) is 1.34. The van der Waals surface area contributed by atoms with E-state index in [4.69, 9.17) is 9.15 Å². The molecule has 0 saturated carbocycles. The zero-order valence-corrected chi connectivity index (χ0v) is 17.2. The number of ether oxygens (including phenoxy) is 1. The van der Waals surface area contributed by atoms with Gasteiger partial charge in [0.2, 0.25) is 27.5 Å². The molecule has 2 aromatic carbocycles. The van der Waals surface area contributed by atoms with Crippen molar-refractivity contribution in [3.05, 3.63) is 60.3 Å².